The molecule has 140 valence electrons. The second-order valence-electron chi connectivity index (χ2n) is 5.13. The first kappa shape index (κ1) is 22.2. The Kier molecular flexibility index (Phi) is 9.62. The van der Waals surface area contributed by atoms with Crippen LogP contribution < -0.4 is 0 Å². The fourth-order valence-corrected chi connectivity index (χ4v) is 3.68. The van der Waals surface area contributed by atoms with Crippen molar-refractivity contribution < 1.29 is 46.9 Å². The Labute approximate surface area is 142 Å². The van der Waals surface area contributed by atoms with E-state index in [1.165, 1.54) is 0 Å². The van der Waals surface area contributed by atoms with Gasteiger partial charge in [-0.15, -0.1) is 0 Å². The molecule has 24 heavy (non-hydrogen) atoms. The van der Waals surface area contributed by atoms with Crippen LogP contribution in [0.5, 0.6) is 0 Å². The normalized spacial score (nSPS) is 29.2. The highest BCUT2D eigenvalue weighted by molar-refractivity contribution is 7.47. The number of phosphoric ester groups is 2. The number of aliphatic hydroxyl groups excluding tert-OH is 1. The molecule has 13 heteroatoms. The van der Waals surface area contributed by atoms with Crippen LogP contribution in [0.15, 0.2) is 0 Å². The monoisotopic (exact) mass is 388 g/mol. The average Bonchev–Trinajstić information content (AvgIpc) is 2.75. The number of rotatable bonds is 12. The van der Waals surface area contributed by atoms with Crippen LogP contribution in [-0.4, -0.2) is 67.4 Å². The SMILES string of the molecule is [B]C1CC(OP(=O)(O)OCCCOP(=O)(O)OCCCO)C(C)O1. The van der Waals surface area contributed by atoms with E-state index in [9.17, 15) is 18.9 Å². The third-order valence-corrected chi connectivity index (χ3v) is 5.06. The Balaban J connectivity index is 2.19. The summed E-state index contributed by atoms with van der Waals surface area (Å²) in [5.41, 5.74) is 0. The summed E-state index contributed by atoms with van der Waals surface area (Å²) in [5, 5.41) is 8.53. The van der Waals surface area contributed by atoms with Crippen molar-refractivity contribution in [2.75, 3.05) is 26.4 Å². The van der Waals surface area contributed by atoms with Crippen molar-refractivity contribution in [2.24, 2.45) is 0 Å². The maximum atomic E-state index is 11.8. The zero-order valence-electron chi connectivity index (χ0n) is 13.4. The largest absolute Gasteiger partial charge is 0.472 e. The fraction of sp³-hybridized carbons (Fsp3) is 1.00. The molecule has 2 radical (unpaired) electrons. The van der Waals surface area contributed by atoms with Gasteiger partial charge in [0.25, 0.3) is 0 Å². The molecular weight excluding hydrogens is 365 g/mol. The first-order valence-corrected chi connectivity index (χ1v) is 10.4. The molecule has 1 rings (SSSR count). The maximum absolute atomic E-state index is 11.8. The third-order valence-electron chi connectivity index (χ3n) is 3.00. The topological polar surface area (TPSA) is 141 Å². The van der Waals surface area contributed by atoms with Crippen molar-refractivity contribution in [2.45, 2.75) is 44.4 Å². The quantitative estimate of drug-likeness (QED) is 0.249. The molecule has 0 saturated carbocycles. The number of aliphatic hydroxyl groups is 1. The molecule has 1 aliphatic heterocycles. The minimum absolute atomic E-state index is 0.0675. The summed E-state index contributed by atoms with van der Waals surface area (Å²) in [6, 6.07) is -0.553. The van der Waals surface area contributed by atoms with E-state index in [-0.39, 0.29) is 45.7 Å². The zero-order valence-corrected chi connectivity index (χ0v) is 15.1. The zero-order chi connectivity index (χ0) is 18.2. The second-order valence-corrected chi connectivity index (χ2v) is 7.99. The van der Waals surface area contributed by atoms with Gasteiger partial charge in [-0.05, 0) is 26.2 Å². The minimum atomic E-state index is -4.29. The van der Waals surface area contributed by atoms with E-state index in [4.69, 9.17) is 26.7 Å². The number of hydrogen-bond acceptors (Lipinski definition) is 8. The summed E-state index contributed by atoms with van der Waals surface area (Å²) in [7, 11) is -2.94. The lowest BCUT2D eigenvalue weighted by Gasteiger charge is -2.19. The summed E-state index contributed by atoms with van der Waals surface area (Å²) >= 11 is 0. The molecule has 0 aromatic heterocycles. The van der Waals surface area contributed by atoms with Crippen LogP contribution in [0.3, 0.4) is 0 Å². The molecule has 10 nitrogen and oxygen atoms in total. The van der Waals surface area contributed by atoms with Crippen LogP contribution in [0.4, 0.5) is 0 Å². The summed E-state index contributed by atoms with van der Waals surface area (Å²) in [4.78, 5) is 18.9. The lowest BCUT2D eigenvalue weighted by atomic mass is 9.96. The highest BCUT2D eigenvalue weighted by atomic mass is 31.2. The summed E-state index contributed by atoms with van der Waals surface area (Å²) < 4.78 is 47.3. The van der Waals surface area contributed by atoms with Crippen molar-refractivity contribution in [3.8, 4) is 0 Å². The Bertz CT molecular complexity index is 464. The van der Waals surface area contributed by atoms with Gasteiger partial charge in [-0.25, -0.2) is 9.13 Å². The number of ether oxygens (including phenoxy) is 1. The first-order chi connectivity index (χ1) is 11.2. The van der Waals surface area contributed by atoms with Crippen LogP contribution in [0.1, 0.15) is 26.2 Å². The number of hydrogen-bond donors (Lipinski definition) is 3. The van der Waals surface area contributed by atoms with Gasteiger partial charge in [0.15, 0.2) is 0 Å². The van der Waals surface area contributed by atoms with E-state index >= 15 is 0 Å². The molecule has 0 aromatic carbocycles. The van der Waals surface area contributed by atoms with Gasteiger partial charge >= 0.3 is 15.6 Å². The minimum Gasteiger partial charge on any atom is -0.396 e. The molecule has 0 bridgehead atoms. The molecule has 1 fully saturated rings. The van der Waals surface area contributed by atoms with Gasteiger partial charge in [-0.1, -0.05) is 0 Å². The molecule has 0 spiro atoms. The molecule has 1 aliphatic rings. The predicted octanol–water partition coefficient (Wildman–Crippen LogP) is 0.698. The highest BCUT2D eigenvalue weighted by Gasteiger charge is 2.36. The van der Waals surface area contributed by atoms with E-state index in [2.05, 4.69) is 9.05 Å². The lowest BCUT2D eigenvalue weighted by molar-refractivity contribution is 0.0341. The molecule has 5 unspecified atom stereocenters. The molecule has 5 atom stereocenters. The average molecular weight is 388 g/mol. The first-order valence-electron chi connectivity index (χ1n) is 7.45. The maximum Gasteiger partial charge on any atom is 0.472 e. The van der Waals surface area contributed by atoms with Crippen molar-refractivity contribution in [3.05, 3.63) is 0 Å². The molecule has 0 aromatic rings. The lowest BCUT2D eigenvalue weighted by Crippen LogP contribution is -2.20. The van der Waals surface area contributed by atoms with Crippen LogP contribution >= 0.6 is 15.6 Å². The fourth-order valence-electron chi connectivity index (χ4n) is 1.87. The van der Waals surface area contributed by atoms with Crippen LogP contribution in [0.25, 0.3) is 0 Å². The van der Waals surface area contributed by atoms with Crippen LogP contribution in [-0.2, 0) is 32.0 Å². The van der Waals surface area contributed by atoms with E-state index in [1.807, 2.05) is 0 Å². The van der Waals surface area contributed by atoms with E-state index in [0.29, 0.717) is 0 Å². The van der Waals surface area contributed by atoms with E-state index in [0.717, 1.165) is 0 Å². The van der Waals surface area contributed by atoms with Gasteiger partial charge in [-0.2, -0.15) is 0 Å². The Morgan fingerprint density at radius 3 is 2.12 bits per heavy atom. The predicted molar refractivity (Wildman–Crippen MR) is 83.4 cm³/mol. The molecule has 1 heterocycles. The van der Waals surface area contributed by atoms with Crippen molar-refractivity contribution in [1.82, 2.24) is 0 Å². The van der Waals surface area contributed by atoms with Crippen molar-refractivity contribution in [1.29, 1.82) is 0 Å². The smallest absolute Gasteiger partial charge is 0.396 e. The highest BCUT2D eigenvalue weighted by Crippen LogP contribution is 2.47. The standard InChI is InChI=1S/C11H23BO10P2/c1-9-10(8-11(12)21-9)22-24(16,17)20-7-3-6-19-23(14,15)18-5-2-4-13/h9-11,13H,2-8H2,1H3,(H,14,15)(H,16,17). The summed E-state index contributed by atoms with van der Waals surface area (Å²) in [6.45, 7) is 0.930. The van der Waals surface area contributed by atoms with Gasteiger partial charge in [0, 0.05) is 12.6 Å². The van der Waals surface area contributed by atoms with Crippen molar-refractivity contribution >= 4 is 23.5 Å². The Morgan fingerprint density at radius 2 is 1.62 bits per heavy atom. The molecule has 0 aliphatic carbocycles. The van der Waals surface area contributed by atoms with Crippen LogP contribution in [0, 0.1) is 0 Å². The molecule has 0 amide bonds. The summed E-state index contributed by atoms with van der Waals surface area (Å²) in [6.07, 6.45) is -0.530. The summed E-state index contributed by atoms with van der Waals surface area (Å²) in [5.74, 6) is 0. The van der Waals surface area contributed by atoms with E-state index in [1.54, 1.807) is 6.92 Å². The Hall–Kier alpha value is 0.205. The molecule has 1 saturated heterocycles. The van der Waals surface area contributed by atoms with Crippen molar-refractivity contribution in [3.63, 3.8) is 0 Å². The molecule has 3 N–H and O–H groups in total. The molecular formula is C11H23BO10P2. The van der Waals surface area contributed by atoms with Gasteiger partial charge in [0.2, 0.25) is 0 Å². The second kappa shape index (κ2) is 10.4. The Morgan fingerprint density at radius 1 is 1.08 bits per heavy atom. The third kappa shape index (κ3) is 9.06. The van der Waals surface area contributed by atoms with Gasteiger partial charge in [-0.3, -0.25) is 18.1 Å². The van der Waals surface area contributed by atoms with Crippen LogP contribution in [0.2, 0.25) is 0 Å². The van der Waals surface area contributed by atoms with Gasteiger partial charge in [0.05, 0.1) is 32.0 Å². The van der Waals surface area contributed by atoms with E-state index < -0.39 is 33.9 Å². The number of phosphoric acid groups is 2. The van der Waals surface area contributed by atoms with Gasteiger partial charge < -0.3 is 19.6 Å². The van der Waals surface area contributed by atoms with Gasteiger partial charge in [0.1, 0.15) is 7.85 Å².